The number of carbonyl (C=O) groups is 1. The number of anilines is 1. The number of ether oxygens (including phenoxy) is 2. The van der Waals surface area contributed by atoms with E-state index in [0.29, 0.717) is 27.3 Å². The van der Waals surface area contributed by atoms with Crippen LogP contribution in [-0.2, 0) is 6.61 Å². The number of hydrogen-bond acceptors (Lipinski definition) is 6. The molecule has 1 amide bonds. The van der Waals surface area contributed by atoms with Gasteiger partial charge in [0.15, 0.2) is 5.69 Å². The van der Waals surface area contributed by atoms with Crippen LogP contribution in [0.5, 0.6) is 11.5 Å². The zero-order valence-electron chi connectivity index (χ0n) is 23.3. The highest BCUT2D eigenvalue weighted by Crippen LogP contribution is 2.50. The highest BCUT2D eigenvalue weighted by molar-refractivity contribution is 5.94. The number of aromatic nitrogens is 2. The molecule has 0 saturated heterocycles. The number of carbonyl (C=O) groups excluding carboxylic acids is 1. The first-order valence-corrected chi connectivity index (χ1v) is 13.3. The van der Waals surface area contributed by atoms with Gasteiger partial charge in [-0.2, -0.15) is 32.2 Å². The van der Waals surface area contributed by atoms with Crippen molar-refractivity contribution < 1.29 is 45.0 Å². The summed E-state index contributed by atoms with van der Waals surface area (Å²) in [5.41, 5.74) is 3.06. The number of hydrazone groups is 1. The molecule has 2 atom stereocenters. The Bertz CT molecular complexity index is 1690. The van der Waals surface area contributed by atoms with Gasteiger partial charge in [0.2, 0.25) is 0 Å². The molecule has 0 fully saturated rings. The van der Waals surface area contributed by atoms with Crippen LogP contribution >= 0.6 is 0 Å². The first kappa shape index (κ1) is 31.3. The summed E-state index contributed by atoms with van der Waals surface area (Å²) in [6.45, 7) is 0.0543. The maximum Gasteiger partial charge on any atom is 0.455 e. The zero-order chi connectivity index (χ0) is 32.4. The molecule has 0 bridgehead atoms. The standard InChI is InChI=1S/C30H24F7N5O3/c1-44-25-11-2-17(12-19(25)16-45-22-9-7-21(32)8-10-22)15-38-40-28(43)24-14-27-39-23(18-3-5-20(31)6-4-18)13-26(42(27)41-24)29(33,34)30(35,36)37/h2-12,14-15,23,26,39H,13,16H2,1H3,(H,40,43)/b38-15-/t23-,26-/m0/s1. The summed E-state index contributed by atoms with van der Waals surface area (Å²) in [5, 5.41) is 10.4. The lowest BCUT2D eigenvalue weighted by Gasteiger charge is -2.37. The molecule has 1 aliphatic rings. The minimum absolute atomic E-state index is 0.0543. The SMILES string of the molecule is COc1ccc(/C=N\NC(=O)c2cc3n(n2)[C@H](C(F)(F)C(F)(F)F)C[C@@H](c2ccc(F)cc2)N3)cc1COc1ccc(F)cc1. The van der Waals surface area contributed by atoms with E-state index in [1.165, 1.54) is 49.7 Å². The van der Waals surface area contributed by atoms with Crippen molar-refractivity contribution in [2.45, 2.75) is 37.2 Å². The van der Waals surface area contributed by atoms with Crippen molar-refractivity contribution >= 4 is 17.9 Å². The Morgan fingerprint density at radius 2 is 1.69 bits per heavy atom. The summed E-state index contributed by atoms with van der Waals surface area (Å²) in [6.07, 6.45) is -5.39. The number of nitrogens with one attached hydrogen (secondary N) is 2. The molecular formula is C30H24F7N5O3. The van der Waals surface area contributed by atoms with Crippen molar-refractivity contribution in [1.29, 1.82) is 0 Å². The molecule has 1 aromatic heterocycles. The summed E-state index contributed by atoms with van der Waals surface area (Å²) < 4.78 is 108. The van der Waals surface area contributed by atoms with E-state index in [9.17, 15) is 35.5 Å². The summed E-state index contributed by atoms with van der Waals surface area (Å²) in [4.78, 5) is 12.8. The third kappa shape index (κ3) is 6.86. The van der Waals surface area contributed by atoms with Crippen molar-refractivity contribution in [1.82, 2.24) is 15.2 Å². The molecule has 0 radical (unpaired) electrons. The Kier molecular flexibility index (Phi) is 8.71. The number of hydrogen-bond donors (Lipinski definition) is 2. The van der Waals surface area contributed by atoms with E-state index in [0.717, 1.165) is 18.2 Å². The predicted octanol–water partition coefficient (Wildman–Crippen LogP) is 6.81. The molecule has 236 valence electrons. The van der Waals surface area contributed by atoms with Gasteiger partial charge in [-0.05, 0) is 65.7 Å². The molecule has 4 aromatic rings. The highest BCUT2D eigenvalue weighted by atomic mass is 19.4. The van der Waals surface area contributed by atoms with Gasteiger partial charge < -0.3 is 14.8 Å². The van der Waals surface area contributed by atoms with Crippen LogP contribution < -0.4 is 20.2 Å². The molecule has 1 aliphatic heterocycles. The molecule has 0 aliphatic carbocycles. The van der Waals surface area contributed by atoms with Crippen LogP contribution in [0.3, 0.4) is 0 Å². The Hall–Kier alpha value is -5.08. The van der Waals surface area contributed by atoms with Gasteiger partial charge in [-0.3, -0.25) is 4.79 Å². The minimum atomic E-state index is -5.90. The van der Waals surface area contributed by atoms with Gasteiger partial charge in [0.1, 0.15) is 41.6 Å². The van der Waals surface area contributed by atoms with Gasteiger partial charge in [-0.1, -0.05) is 12.1 Å². The number of fused-ring (bicyclic) bond motifs is 1. The maximum atomic E-state index is 14.7. The number of methoxy groups -OCH3 is 1. The van der Waals surface area contributed by atoms with E-state index >= 15 is 0 Å². The third-order valence-electron chi connectivity index (χ3n) is 7.01. The first-order valence-electron chi connectivity index (χ1n) is 13.3. The second kappa shape index (κ2) is 12.5. The van der Waals surface area contributed by atoms with Crippen LogP contribution in [0.2, 0.25) is 0 Å². The van der Waals surface area contributed by atoms with Crippen LogP contribution in [0, 0.1) is 11.6 Å². The average Bonchev–Trinajstić information content (AvgIpc) is 3.44. The number of rotatable bonds is 9. The minimum Gasteiger partial charge on any atom is -0.496 e. The number of nitrogens with zero attached hydrogens (tertiary/aromatic N) is 3. The van der Waals surface area contributed by atoms with Gasteiger partial charge in [-0.25, -0.2) is 18.9 Å². The molecule has 2 heterocycles. The Morgan fingerprint density at radius 3 is 2.33 bits per heavy atom. The van der Waals surface area contributed by atoms with Gasteiger partial charge in [-0.15, -0.1) is 0 Å². The number of halogens is 7. The second-order valence-corrected chi connectivity index (χ2v) is 9.99. The quantitative estimate of drug-likeness (QED) is 0.120. The molecule has 2 N–H and O–H groups in total. The van der Waals surface area contributed by atoms with Crippen LogP contribution in [0.1, 0.15) is 45.7 Å². The molecule has 45 heavy (non-hydrogen) atoms. The highest BCUT2D eigenvalue weighted by Gasteiger charge is 2.64. The van der Waals surface area contributed by atoms with E-state index in [4.69, 9.17) is 9.47 Å². The van der Waals surface area contributed by atoms with E-state index in [-0.39, 0.29) is 18.0 Å². The molecule has 0 saturated carbocycles. The normalized spacial score (nSPS) is 16.6. The second-order valence-electron chi connectivity index (χ2n) is 9.99. The van der Waals surface area contributed by atoms with Gasteiger partial charge in [0, 0.05) is 18.1 Å². The molecule has 5 rings (SSSR count). The van der Waals surface area contributed by atoms with E-state index in [2.05, 4.69) is 20.9 Å². The summed E-state index contributed by atoms with van der Waals surface area (Å²) in [5.74, 6) is -6.57. The van der Waals surface area contributed by atoms with E-state index in [1.807, 2.05) is 0 Å². The number of benzene rings is 3. The lowest BCUT2D eigenvalue weighted by Crippen LogP contribution is -2.47. The summed E-state index contributed by atoms with van der Waals surface area (Å²) in [7, 11) is 1.46. The lowest BCUT2D eigenvalue weighted by atomic mass is 9.93. The lowest BCUT2D eigenvalue weighted by molar-refractivity contribution is -0.301. The molecule has 15 heteroatoms. The van der Waals surface area contributed by atoms with E-state index in [1.54, 1.807) is 18.2 Å². The molecular weight excluding hydrogens is 611 g/mol. The number of alkyl halides is 5. The van der Waals surface area contributed by atoms with Crippen molar-refractivity contribution in [2.75, 3.05) is 12.4 Å². The van der Waals surface area contributed by atoms with Crippen molar-refractivity contribution in [3.63, 3.8) is 0 Å². The Labute approximate surface area is 251 Å². The van der Waals surface area contributed by atoms with Gasteiger partial charge >= 0.3 is 12.1 Å². The zero-order valence-corrected chi connectivity index (χ0v) is 23.3. The predicted molar refractivity (Wildman–Crippen MR) is 148 cm³/mol. The van der Waals surface area contributed by atoms with Crippen molar-refractivity contribution in [2.24, 2.45) is 5.10 Å². The maximum absolute atomic E-state index is 14.7. The molecule has 3 aromatic carbocycles. The van der Waals surface area contributed by atoms with E-state index < -0.39 is 53.8 Å². The fraction of sp³-hybridized carbons (Fsp3) is 0.233. The number of amides is 1. The molecule has 0 unspecified atom stereocenters. The Balaban J connectivity index is 1.33. The van der Waals surface area contributed by atoms with Crippen LogP contribution in [0.25, 0.3) is 0 Å². The van der Waals surface area contributed by atoms with Gasteiger partial charge in [0.25, 0.3) is 5.91 Å². The Morgan fingerprint density at radius 1 is 1.02 bits per heavy atom. The van der Waals surface area contributed by atoms with Gasteiger partial charge in [0.05, 0.1) is 19.4 Å². The average molecular weight is 636 g/mol. The van der Waals surface area contributed by atoms with Crippen LogP contribution in [0.15, 0.2) is 77.9 Å². The summed E-state index contributed by atoms with van der Waals surface area (Å²) >= 11 is 0. The first-order chi connectivity index (χ1) is 21.4. The fourth-order valence-electron chi connectivity index (χ4n) is 4.72. The smallest absolute Gasteiger partial charge is 0.455 e. The monoisotopic (exact) mass is 635 g/mol. The molecule has 0 spiro atoms. The van der Waals surface area contributed by atoms with Crippen LogP contribution in [0.4, 0.5) is 36.6 Å². The van der Waals surface area contributed by atoms with Crippen molar-refractivity contribution in [3.8, 4) is 11.5 Å². The third-order valence-corrected chi connectivity index (χ3v) is 7.01. The summed E-state index contributed by atoms with van der Waals surface area (Å²) in [6, 6.07) is 12.4. The molecule has 8 nitrogen and oxygen atoms in total. The van der Waals surface area contributed by atoms with Crippen LogP contribution in [-0.4, -0.2) is 41.1 Å². The largest absolute Gasteiger partial charge is 0.496 e. The topological polar surface area (TPSA) is 89.8 Å². The fourth-order valence-corrected chi connectivity index (χ4v) is 4.72. The van der Waals surface area contributed by atoms with Crippen molar-refractivity contribution in [3.05, 3.63) is 107 Å².